The van der Waals surface area contributed by atoms with E-state index in [9.17, 15) is 4.79 Å². The van der Waals surface area contributed by atoms with Crippen LogP contribution in [0.2, 0.25) is 0 Å². The lowest BCUT2D eigenvalue weighted by Gasteiger charge is -2.37. The minimum atomic E-state index is -0.107. The second kappa shape index (κ2) is 8.46. The molecule has 0 bridgehead atoms. The molecule has 0 radical (unpaired) electrons. The fraction of sp³-hybridized carbons (Fsp3) is 0.692. The Hall–Kier alpha value is -0.980. The van der Waals surface area contributed by atoms with E-state index in [1.807, 2.05) is 38.2 Å². The third-order valence-electron chi connectivity index (χ3n) is 3.83. The summed E-state index contributed by atoms with van der Waals surface area (Å²) in [6, 6.07) is -0.0937. The van der Waals surface area contributed by atoms with Crippen LogP contribution in [0.4, 0.5) is 5.69 Å². The van der Waals surface area contributed by atoms with Gasteiger partial charge in [-0.25, -0.2) is 0 Å². The molecule has 6 nitrogen and oxygen atoms in total. The van der Waals surface area contributed by atoms with Gasteiger partial charge in [0.05, 0.1) is 17.8 Å². The summed E-state index contributed by atoms with van der Waals surface area (Å²) in [5, 5.41) is 4.18. The van der Waals surface area contributed by atoms with E-state index in [2.05, 4.69) is 10.00 Å². The predicted molar refractivity (Wildman–Crippen MR) is 89.3 cm³/mol. The number of hydrogen-bond acceptors (Lipinski definition) is 4. The van der Waals surface area contributed by atoms with Crippen LogP contribution in [0.25, 0.3) is 0 Å². The van der Waals surface area contributed by atoms with Gasteiger partial charge >= 0.3 is 0 Å². The maximum atomic E-state index is 12.2. The topological polar surface area (TPSA) is 67.4 Å². The Morgan fingerprint density at radius 1 is 1.24 bits per heavy atom. The predicted octanol–water partition coefficient (Wildman–Crippen LogP) is 0.896. The molecule has 2 unspecified atom stereocenters. The van der Waals surface area contributed by atoms with Crippen LogP contribution in [0.5, 0.6) is 0 Å². The van der Waals surface area contributed by atoms with Gasteiger partial charge in [-0.05, 0) is 6.92 Å². The number of amides is 1. The second-order valence-electron chi connectivity index (χ2n) is 5.33. The van der Waals surface area contributed by atoms with Gasteiger partial charge in [0.2, 0.25) is 5.91 Å². The zero-order valence-electron chi connectivity index (χ0n) is 12.7. The van der Waals surface area contributed by atoms with Gasteiger partial charge in [0.25, 0.3) is 0 Å². The quantitative estimate of drug-likeness (QED) is 0.889. The lowest BCUT2D eigenvalue weighted by atomic mass is 10.0. The molecular weight excluding hydrogens is 313 g/mol. The fourth-order valence-electron chi connectivity index (χ4n) is 2.27. The second-order valence-corrected chi connectivity index (χ2v) is 5.33. The van der Waals surface area contributed by atoms with Crippen molar-refractivity contribution in [3.8, 4) is 0 Å². The summed E-state index contributed by atoms with van der Waals surface area (Å²) in [6.07, 6.45) is 3.87. The molecule has 0 spiro atoms. The lowest BCUT2D eigenvalue weighted by molar-refractivity contribution is -0.135. The Morgan fingerprint density at radius 3 is 2.24 bits per heavy atom. The van der Waals surface area contributed by atoms with Crippen molar-refractivity contribution in [2.24, 2.45) is 18.7 Å². The standard InChI is InChI=1S/C13H23N5O.2ClH/c1-10(11(2)14)13(19)18-6-4-17(5-7-18)12-8-15-16(3)9-12;;/h8-11H,4-7,14H2,1-3H3;2*1H. The Kier molecular flexibility index (Phi) is 8.06. The first kappa shape index (κ1) is 20.0. The van der Waals surface area contributed by atoms with Crippen LogP contribution in [0.1, 0.15) is 13.8 Å². The highest BCUT2D eigenvalue weighted by molar-refractivity contribution is 5.85. The number of nitrogens with zero attached hydrogens (tertiary/aromatic N) is 4. The van der Waals surface area contributed by atoms with Crippen LogP contribution in [-0.4, -0.2) is 52.8 Å². The van der Waals surface area contributed by atoms with Crippen LogP contribution < -0.4 is 10.6 Å². The lowest BCUT2D eigenvalue weighted by Crippen LogP contribution is -2.51. The monoisotopic (exact) mass is 337 g/mol. The first-order valence-electron chi connectivity index (χ1n) is 6.77. The first-order chi connectivity index (χ1) is 8.99. The van der Waals surface area contributed by atoms with Crippen molar-refractivity contribution in [3.05, 3.63) is 12.4 Å². The molecule has 21 heavy (non-hydrogen) atoms. The summed E-state index contributed by atoms with van der Waals surface area (Å²) in [6.45, 7) is 7.00. The van der Waals surface area contributed by atoms with Gasteiger partial charge in [0.1, 0.15) is 0 Å². The van der Waals surface area contributed by atoms with Crippen molar-refractivity contribution in [2.45, 2.75) is 19.9 Å². The van der Waals surface area contributed by atoms with E-state index in [0.717, 1.165) is 31.9 Å². The average molecular weight is 338 g/mol. The molecule has 0 aliphatic carbocycles. The number of nitrogens with two attached hydrogens (primary N) is 1. The summed E-state index contributed by atoms with van der Waals surface area (Å²) in [5.41, 5.74) is 6.92. The summed E-state index contributed by atoms with van der Waals surface area (Å²) >= 11 is 0. The number of hydrogen-bond donors (Lipinski definition) is 1. The number of carbonyl (C=O) groups is 1. The summed E-state index contributed by atoms with van der Waals surface area (Å²) in [4.78, 5) is 16.4. The molecule has 1 aliphatic heterocycles. The number of carbonyl (C=O) groups excluding carboxylic acids is 1. The minimum absolute atomic E-state index is 0. The summed E-state index contributed by atoms with van der Waals surface area (Å²) < 4.78 is 1.80. The average Bonchev–Trinajstić information content (AvgIpc) is 2.84. The molecule has 1 aromatic rings. The summed E-state index contributed by atoms with van der Waals surface area (Å²) in [5.74, 6) is 0.0609. The van der Waals surface area contributed by atoms with E-state index in [-0.39, 0.29) is 42.7 Å². The Bertz CT molecular complexity index is 444. The number of piperazine rings is 1. The van der Waals surface area contributed by atoms with Crippen molar-refractivity contribution >= 4 is 36.4 Å². The van der Waals surface area contributed by atoms with Gasteiger partial charge in [-0.1, -0.05) is 6.92 Å². The molecule has 0 saturated carbocycles. The molecule has 1 fully saturated rings. The third-order valence-corrected chi connectivity index (χ3v) is 3.83. The van der Waals surface area contributed by atoms with Gasteiger partial charge in [0, 0.05) is 45.5 Å². The highest BCUT2D eigenvalue weighted by atomic mass is 35.5. The van der Waals surface area contributed by atoms with E-state index in [1.165, 1.54) is 0 Å². The number of anilines is 1. The molecule has 1 amide bonds. The van der Waals surface area contributed by atoms with Crippen molar-refractivity contribution in [1.29, 1.82) is 0 Å². The van der Waals surface area contributed by atoms with Gasteiger partial charge < -0.3 is 15.5 Å². The zero-order chi connectivity index (χ0) is 14.0. The first-order valence-corrected chi connectivity index (χ1v) is 6.77. The van der Waals surface area contributed by atoms with Crippen LogP contribution in [0.15, 0.2) is 12.4 Å². The van der Waals surface area contributed by atoms with E-state index < -0.39 is 0 Å². The van der Waals surface area contributed by atoms with E-state index >= 15 is 0 Å². The van der Waals surface area contributed by atoms with Gasteiger partial charge in [-0.3, -0.25) is 9.48 Å². The smallest absolute Gasteiger partial charge is 0.227 e. The SMILES string of the molecule is CC(N)C(C)C(=O)N1CCN(c2cnn(C)c2)CC1.Cl.Cl. The van der Waals surface area contributed by atoms with E-state index in [1.54, 1.807) is 4.68 Å². The van der Waals surface area contributed by atoms with Crippen molar-refractivity contribution in [2.75, 3.05) is 31.1 Å². The van der Waals surface area contributed by atoms with Crippen LogP contribution in [-0.2, 0) is 11.8 Å². The van der Waals surface area contributed by atoms with Gasteiger partial charge in [0.15, 0.2) is 0 Å². The molecule has 2 N–H and O–H groups in total. The Labute approximate surface area is 138 Å². The van der Waals surface area contributed by atoms with Crippen LogP contribution in [0.3, 0.4) is 0 Å². The zero-order valence-corrected chi connectivity index (χ0v) is 14.4. The maximum Gasteiger partial charge on any atom is 0.227 e. The highest BCUT2D eigenvalue weighted by Crippen LogP contribution is 2.16. The normalized spacial score (nSPS) is 17.5. The molecule has 1 aromatic heterocycles. The molecule has 0 aromatic carbocycles. The number of halogens is 2. The number of aromatic nitrogens is 2. The van der Waals surface area contributed by atoms with Gasteiger partial charge in [-0.2, -0.15) is 5.10 Å². The molecule has 1 aliphatic rings. The van der Waals surface area contributed by atoms with Crippen LogP contribution >= 0.6 is 24.8 Å². The Morgan fingerprint density at radius 2 is 1.81 bits per heavy atom. The molecule has 2 atom stereocenters. The molecule has 122 valence electrons. The molecular formula is C13H25Cl2N5O. The Balaban J connectivity index is 0.00000200. The largest absolute Gasteiger partial charge is 0.365 e. The molecule has 2 heterocycles. The van der Waals surface area contributed by atoms with E-state index in [0.29, 0.717) is 0 Å². The molecule has 8 heteroatoms. The molecule has 1 saturated heterocycles. The van der Waals surface area contributed by atoms with E-state index in [4.69, 9.17) is 5.73 Å². The maximum absolute atomic E-state index is 12.2. The molecule has 2 rings (SSSR count). The van der Waals surface area contributed by atoms with Gasteiger partial charge in [-0.15, -0.1) is 24.8 Å². The van der Waals surface area contributed by atoms with Crippen LogP contribution in [0, 0.1) is 5.92 Å². The minimum Gasteiger partial charge on any atom is -0.365 e. The van der Waals surface area contributed by atoms with Crippen molar-refractivity contribution < 1.29 is 4.79 Å². The third kappa shape index (κ3) is 4.76. The van der Waals surface area contributed by atoms with Crippen molar-refractivity contribution in [1.82, 2.24) is 14.7 Å². The number of aryl methyl sites for hydroxylation is 1. The van der Waals surface area contributed by atoms with Crippen molar-refractivity contribution in [3.63, 3.8) is 0 Å². The summed E-state index contributed by atoms with van der Waals surface area (Å²) in [7, 11) is 1.91. The highest BCUT2D eigenvalue weighted by Gasteiger charge is 2.26. The number of rotatable bonds is 3. The fourth-order valence-corrected chi connectivity index (χ4v) is 2.27.